The van der Waals surface area contributed by atoms with E-state index in [1.807, 2.05) is 0 Å². The van der Waals surface area contributed by atoms with E-state index in [4.69, 9.17) is 0 Å². The molecule has 0 saturated carbocycles. The summed E-state index contributed by atoms with van der Waals surface area (Å²) in [5, 5.41) is 0. The third-order valence-corrected chi connectivity index (χ3v) is 13.8. The van der Waals surface area contributed by atoms with Crippen LogP contribution in [-0.4, -0.2) is 11.8 Å². The average molecular weight is 943 g/mol. The van der Waals surface area contributed by atoms with Gasteiger partial charge < -0.3 is 19.6 Å². The summed E-state index contributed by atoms with van der Waals surface area (Å²) in [5.74, 6) is 0.207. The van der Waals surface area contributed by atoms with Gasteiger partial charge in [0.05, 0.1) is 0 Å². The number of rotatable bonds is 15. The molecule has 0 N–H and O–H groups in total. The number of ketones is 1. The molecule has 1 atom stereocenters. The molecule has 0 aliphatic carbocycles. The Labute approximate surface area is 428 Å². The van der Waals surface area contributed by atoms with Gasteiger partial charge in [-0.1, -0.05) is 138 Å². The molecule has 5 heteroatoms. The SMILES string of the molecule is Cc1ccc(N(c2ccc(C)cc2)c2cc(C(=O)c3cc(N(c4ccc(C)cc4)c4ccc(C)cc4)cc(N(c4ccc(C)cc4)[C@@H](C)C(C)C)c3)cc(N(c3ccc(C)cc3)c3ccc(C)cc3)c2)cc1. The maximum Gasteiger partial charge on any atom is 0.193 e. The Kier molecular flexibility index (Phi) is 14.3. The predicted molar refractivity (Wildman–Crippen MR) is 306 cm³/mol. The molecule has 0 aliphatic heterocycles. The third kappa shape index (κ3) is 10.8. The van der Waals surface area contributed by atoms with Crippen LogP contribution in [0.5, 0.6) is 0 Å². The molecule has 5 nitrogen and oxygen atoms in total. The van der Waals surface area contributed by atoms with Crippen LogP contribution in [0.1, 0.15) is 75.6 Å². The standard InChI is InChI=1S/C67H66N4O/c1-45(2)53(10)68(56-25-11-46(3)12-26-56)63-39-54(40-64(43-63)69(57-27-13-47(4)14-28-57)58-29-15-48(5)16-30-58)67(72)55-41-65(70(59-31-17-49(6)18-32-59)60-33-19-50(7)20-34-60)44-66(42-55)71(61-35-21-51(8)22-36-61)62-37-23-52(9)24-38-62/h11-45,53H,1-10H3/t53-/m0/s1. The van der Waals surface area contributed by atoms with Gasteiger partial charge in [-0.05, 0) is 183 Å². The van der Waals surface area contributed by atoms with Gasteiger partial charge in [0.2, 0.25) is 0 Å². The van der Waals surface area contributed by atoms with Crippen LogP contribution in [0.25, 0.3) is 0 Å². The van der Waals surface area contributed by atoms with Gasteiger partial charge in [-0.2, -0.15) is 0 Å². The van der Waals surface area contributed by atoms with E-state index in [1.165, 1.54) is 38.9 Å². The number of carbonyl (C=O) groups is 1. The average Bonchev–Trinajstić information content (AvgIpc) is 3.38. The van der Waals surface area contributed by atoms with Crippen molar-refractivity contribution in [2.75, 3.05) is 19.6 Å². The first-order chi connectivity index (χ1) is 34.7. The van der Waals surface area contributed by atoms with Crippen molar-refractivity contribution in [2.24, 2.45) is 5.92 Å². The molecule has 9 rings (SSSR count). The summed E-state index contributed by atoms with van der Waals surface area (Å²) < 4.78 is 0. The number of hydrogen-bond donors (Lipinski definition) is 0. The van der Waals surface area contributed by atoms with Crippen LogP contribution in [0.2, 0.25) is 0 Å². The number of carbonyl (C=O) groups excluding carboxylic acids is 1. The smallest absolute Gasteiger partial charge is 0.193 e. The minimum Gasteiger partial charge on any atom is -0.338 e. The van der Waals surface area contributed by atoms with Crippen molar-refractivity contribution in [3.05, 3.63) is 256 Å². The van der Waals surface area contributed by atoms with E-state index in [9.17, 15) is 0 Å². The van der Waals surface area contributed by atoms with E-state index in [0.717, 1.165) is 62.6 Å². The molecule has 9 aromatic carbocycles. The second-order valence-corrected chi connectivity index (χ2v) is 20.0. The lowest BCUT2D eigenvalue weighted by Gasteiger charge is -2.36. The Morgan fingerprint density at radius 1 is 0.278 bits per heavy atom. The molecule has 0 spiro atoms. The predicted octanol–water partition coefficient (Wildman–Crippen LogP) is 18.7. The highest BCUT2D eigenvalue weighted by Crippen LogP contribution is 2.44. The molecule has 0 radical (unpaired) electrons. The van der Waals surface area contributed by atoms with Crippen LogP contribution in [0.3, 0.4) is 0 Å². The Morgan fingerprint density at radius 2 is 0.486 bits per heavy atom. The summed E-state index contributed by atoms with van der Waals surface area (Å²) in [4.78, 5) is 25.5. The molecule has 0 bridgehead atoms. The minimum atomic E-state index is -0.0875. The molecule has 0 saturated heterocycles. The Hall–Kier alpha value is -8.15. The molecule has 0 aromatic heterocycles. The Bertz CT molecular complexity index is 3030. The first-order valence-corrected chi connectivity index (χ1v) is 25.2. The second kappa shape index (κ2) is 21.1. The fourth-order valence-corrected chi connectivity index (χ4v) is 9.27. The second-order valence-electron chi connectivity index (χ2n) is 20.0. The quantitative estimate of drug-likeness (QED) is 0.0956. The van der Waals surface area contributed by atoms with Gasteiger partial charge in [0, 0.05) is 79.7 Å². The number of anilines is 11. The van der Waals surface area contributed by atoms with E-state index in [1.54, 1.807) is 0 Å². The van der Waals surface area contributed by atoms with Gasteiger partial charge in [-0.3, -0.25) is 4.79 Å². The first kappa shape index (κ1) is 48.9. The highest BCUT2D eigenvalue weighted by molar-refractivity contribution is 6.12. The van der Waals surface area contributed by atoms with Gasteiger partial charge in [0.1, 0.15) is 0 Å². The Balaban J connectivity index is 1.33. The van der Waals surface area contributed by atoms with Crippen molar-refractivity contribution in [2.45, 2.75) is 75.3 Å². The lowest BCUT2D eigenvalue weighted by Crippen LogP contribution is -2.33. The van der Waals surface area contributed by atoms with Gasteiger partial charge >= 0.3 is 0 Å². The van der Waals surface area contributed by atoms with Crippen LogP contribution in [0, 0.1) is 54.4 Å². The van der Waals surface area contributed by atoms with Crippen LogP contribution < -0.4 is 19.6 Å². The fourth-order valence-electron chi connectivity index (χ4n) is 9.27. The van der Waals surface area contributed by atoms with Crippen LogP contribution in [0.15, 0.2) is 206 Å². The molecular formula is C67H66N4O. The minimum absolute atomic E-state index is 0.0863. The lowest BCUT2D eigenvalue weighted by molar-refractivity contribution is 0.103. The summed E-state index contributed by atoms with van der Waals surface area (Å²) in [6, 6.07) is 73.4. The molecule has 0 unspecified atom stereocenters. The molecular weight excluding hydrogens is 877 g/mol. The topological polar surface area (TPSA) is 30.0 Å². The molecule has 0 aliphatic rings. The van der Waals surface area contributed by atoms with E-state index >= 15 is 4.79 Å². The Morgan fingerprint density at radius 3 is 0.722 bits per heavy atom. The maximum absolute atomic E-state index is 16.2. The zero-order valence-electron chi connectivity index (χ0n) is 43.5. The highest BCUT2D eigenvalue weighted by atomic mass is 16.1. The van der Waals surface area contributed by atoms with Crippen molar-refractivity contribution in [1.29, 1.82) is 0 Å². The molecule has 0 amide bonds. The van der Waals surface area contributed by atoms with Gasteiger partial charge in [-0.25, -0.2) is 0 Å². The summed E-state index contributed by atoms with van der Waals surface area (Å²) in [6.45, 7) is 21.6. The molecule has 360 valence electrons. The zero-order valence-corrected chi connectivity index (χ0v) is 43.5. The highest BCUT2D eigenvalue weighted by Gasteiger charge is 2.27. The van der Waals surface area contributed by atoms with E-state index in [2.05, 4.69) is 295 Å². The van der Waals surface area contributed by atoms with Gasteiger partial charge in [0.25, 0.3) is 0 Å². The number of benzene rings is 9. The van der Waals surface area contributed by atoms with E-state index in [0.29, 0.717) is 17.0 Å². The van der Waals surface area contributed by atoms with E-state index in [-0.39, 0.29) is 11.8 Å². The number of nitrogens with zero attached hydrogens (tertiary/aromatic N) is 4. The molecule has 9 aromatic rings. The van der Waals surface area contributed by atoms with Gasteiger partial charge in [0.15, 0.2) is 5.78 Å². The first-order valence-electron chi connectivity index (χ1n) is 25.2. The van der Waals surface area contributed by atoms with Crippen molar-refractivity contribution >= 4 is 68.3 Å². The monoisotopic (exact) mass is 943 g/mol. The van der Waals surface area contributed by atoms with Crippen LogP contribution in [-0.2, 0) is 0 Å². The van der Waals surface area contributed by atoms with Crippen molar-refractivity contribution < 1.29 is 4.79 Å². The summed E-state index contributed by atoms with van der Waals surface area (Å²) in [7, 11) is 0. The molecule has 0 heterocycles. The van der Waals surface area contributed by atoms with Crippen molar-refractivity contribution in [1.82, 2.24) is 0 Å². The lowest BCUT2D eigenvalue weighted by atomic mass is 9.97. The summed E-state index contributed by atoms with van der Waals surface area (Å²) >= 11 is 0. The van der Waals surface area contributed by atoms with E-state index < -0.39 is 0 Å². The normalized spacial score (nSPS) is 11.6. The molecule has 0 fully saturated rings. The largest absolute Gasteiger partial charge is 0.338 e. The fraction of sp³-hybridized carbons (Fsp3) is 0.179. The summed E-state index contributed by atoms with van der Waals surface area (Å²) in [6.07, 6.45) is 0. The van der Waals surface area contributed by atoms with Crippen LogP contribution >= 0.6 is 0 Å². The summed E-state index contributed by atoms with van der Waals surface area (Å²) in [5.41, 5.74) is 19.9. The van der Waals surface area contributed by atoms with Crippen molar-refractivity contribution in [3.8, 4) is 0 Å². The molecule has 72 heavy (non-hydrogen) atoms. The number of hydrogen-bond acceptors (Lipinski definition) is 5. The van der Waals surface area contributed by atoms with Crippen LogP contribution in [0.4, 0.5) is 62.6 Å². The zero-order chi connectivity index (χ0) is 50.6. The third-order valence-electron chi connectivity index (χ3n) is 13.8. The number of aryl methyl sites for hydroxylation is 7. The van der Waals surface area contributed by atoms with Gasteiger partial charge in [-0.15, -0.1) is 0 Å². The van der Waals surface area contributed by atoms with Crippen molar-refractivity contribution in [3.63, 3.8) is 0 Å². The maximum atomic E-state index is 16.2.